The third kappa shape index (κ3) is 8.22. The third-order valence-electron chi connectivity index (χ3n) is 6.66. The smallest absolute Gasteiger partial charge is 0.256 e. The first-order chi connectivity index (χ1) is 17.9. The van der Waals surface area contributed by atoms with Crippen LogP contribution in [0.15, 0.2) is 60.7 Å². The molecule has 1 aliphatic heterocycles. The van der Waals surface area contributed by atoms with Crippen molar-refractivity contribution in [3.63, 3.8) is 0 Å². The summed E-state index contributed by atoms with van der Waals surface area (Å²) < 4.78 is 5.71. The minimum Gasteiger partial charge on any atom is -0.495 e. The van der Waals surface area contributed by atoms with Crippen LogP contribution in [0.4, 0.5) is 5.69 Å². The Labute approximate surface area is 243 Å². The lowest BCUT2D eigenvalue weighted by Crippen LogP contribution is -2.48. The summed E-state index contributed by atoms with van der Waals surface area (Å²) in [7, 11) is 3.40. The highest BCUT2D eigenvalue weighted by molar-refractivity contribution is 5.92. The molecule has 10 heteroatoms. The number of nitrogens with one attached hydrogen (secondary N) is 2. The van der Waals surface area contributed by atoms with E-state index >= 15 is 0 Å². The number of amides is 2. The fourth-order valence-electron chi connectivity index (χ4n) is 4.59. The number of carbonyl (C=O) groups is 2. The van der Waals surface area contributed by atoms with Crippen molar-refractivity contribution in [3.8, 4) is 5.75 Å². The third-order valence-corrected chi connectivity index (χ3v) is 6.66. The molecule has 2 N–H and O–H groups in total. The van der Waals surface area contributed by atoms with Crippen LogP contribution in [0.5, 0.6) is 5.75 Å². The van der Waals surface area contributed by atoms with Crippen molar-refractivity contribution >= 4 is 53.1 Å². The Morgan fingerprint density at radius 3 is 2.10 bits per heavy atom. The molecule has 4 rings (SSSR count). The van der Waals surface area contributed by atoms with Gasteiger partial charge in [0.15, 0.2) is 0 Å². The molecule has 8 nitrogen and oxygen atoms in total. The van der Waals surface area contributed by atoms with Gasteiger partial charge < -0.3 is 20.3 Å². The number of ether oxygens (including phenoxy) is 1. The van der Waals surface area contributed by atoms with Crippen LogP contribution in [-0.4, -0.2) is 68.2 Å². The summed E-state index contributed by atoms with van der Waals surface area (Å²) in [6.07, 6.45) is 0. The highest BCUT2D eigenvalue weighted by Gasteiger charge is 2.27. The van der Waals surface area contributed by atoms with Crippen molar-refractivity contribution in [2.45, 2.75) is 33.0 Å². The molecule has 0 unspecified atom stereocenters. The standard InChI is InChI=1S/C29H37N5O3.2ClH/c1-21(2)30-13-14-31-28(35)19-33(26-15-22-9-5-6-10-23(22)16-27(26)37-4)20-29(36)32(3)34-17-24-11-7-8-12-25(24)18-34;;/h5-12,15-16,21,30H,13-14,17-20H2,1-4H3,(H,31,35);2*1H. The van der Waals surface area contributed by atoms with Crippen LogP contribution in [0, 0.1) is 0 Å². The second kappa shape index (κ2) is 14.9. The van der Waals surface area contributed by atoms with Crippen LogP contribution in [0.3, 0.4) is 0 Å². The van der Waals surface area contributed by atoms with Crippen molar-refractivity contribution in [2.24, 2.45) is 0 Å². The van der Waals surface area contributed by atoms with E-state index in [-0.39, 0.29) is 49.7 Å². The number of halogens is 2. The number of hydrogen-bond acceptors (Lipinski definition) is 6. The summed E-state index contributed by atoms with van der Waals surface area (Å²) in [5.74, 6) is 0.374. The molecule has 212 valence electrons. The lowest BCUT2D eigenvalue weighted by Gasteiger charge is -2.32. The summed E-state index contributed by atoms with van der Waals surface area (Å²) in [5, 5.41) is 12.0. The zero-order chi connectivity index (χ0) is 26.4. The Kier molecular flexibility index (Phi) is 12.3. The molecule has 0 aromatic heterocycles. The van der Waals surface area contributed by atoms with E-state index < -0.39 is 0 Å². The maximum atomic E-state index is 13.5. The van der Waals surface area contributed by atoms with Gasteiger partial charge in [-0.25, -0.2) is 5.01 Å². The van der Waals surface area contributed by atoms with E-state index in [0.717, 1.165) is 10.8 Å². The molecule has 3 aromatic carbocycles. The second-order valence-electron chi connectivity index (χ2n) is 9.69. The monoisotopic (exact) mass is 575 g/mol. The predicted octanol–water partition coefficient (Wildman–Crippen LogP) is 4.00. The Bertz CT molecular complexity index is 1230. The quantitative estimate of drug-likeness (QED) is 0.336. The van der Waals surface area contributed by atoms with Gasteiger partial charge in [-0.2, -0.15) is 0 Å². The normalized spacial score (nSPS) is 12.3. The van der Waals surface area contributed by atoms with E-state index in [1.54, 1.807) is 24.1 Å². The molecule has 39 heavy (non-hydrogen) atoms. The Hall–Kier alpha value is -3.04. The van der Waals surface area contributed by atoms with E-state index in [4.69, 9.17) is 4.74 Å². The van der Waals surface area contributed by atoms with Crippen LogP contribution in [0.1, 0.15) is 25.0 Å². The minimum absolute atomic E-state index is 0. The van der Waals surface area contributed by atoms with Gasteiger partial charge >= 0.3 is 0 Å². The Balaban J connectivity index is 0.00000267. The van der Waals surface area contributed by atoms with Gasteiger partial charge in [-0.15, -0.1) is 24.8 Å². The van der Waals surface area contributed by atoms with Gasteiger partial charge in [0, 0.05) is 39.3 Å². The SMILES string of the molecule is COc1cc2ccccc2cc1N(CC(=O)NCCNC(C)C)CC(=O)N(C)N1Cc2ccccc2C1.Cl.Cl. The first-order valence-electron chi connectivity index (χ1n) is 12.8. The van der Waals surface area contributed by atoms with E-state index in [1.807, 2.05) is 53.5 Å². The van der Waals surface area contributed by atoms with Crippen LogP contribution < -0.4 is 20.3 Å². The molecule has 0 aliphatic carbocycles. The number of fused-ring (bicyclic) bond motifs is 2. The predicted molar refractivity (Wildman–Crippen MR) is 162 cm³/mol. The van der Waals surface area contributed by atoms with E-state index in [9.17, 15) is 9.59 Å². The maximum absolute atomic E-state index is 13.5. The van der Waals surface area contributed by atoms with Crippen LogP contribution >= 0.6 is 24.8 Å². The lowest BCUT2D eigenvalue weighted by molar-refractivity contribution is -0.145. The van der Waals surface area contributed by atoms with Gasteiger partial charge in [0.1, 0.15) is 5.75 Å². The summed E-state index contributed by atoms with van der Waals surface area (Å²) in [6.45, 7) is 6.76. The Morgan fingerprint density at radius 1 is 0.923 bits per heavy atom. The maximum Gasteiger partial charge on any atom is 0.256 e. The van der Waals surface area contributed by atoms with Crippen LogP contribution in [-0.2, 0) is 22.7 Å². The Morgan fingerprint density at radius 2 is 1.51 bits per heavy atom. The molecule has 0 atom stereocenters. The number of nitrogens with zero attached hydrogens (tertiary/aromatic N) is 3. The fraction of sp³-hybridized carbons (Fsp3) is 0.379. The van der Waals surface area contributed by atoms with Crippen molar-refractivity contribution in [3.05, 3.63) is 71.8 Å². The summed E-state index contributed by atoms with van der Waals surface area (Å²) in [6, 6.07) is 20.5. The number of carbonyl (C=O) groups excluding carboxylic acids is 2. The highest BCUT2D eigenvalue weighted by Crippen LogP contribution is 2.33. The fourth-order valence-corrected chi connectivity index (χ4v) is 4.59. The molecule has 0 fully saturated rings. The molecule has 0 saturated heterocycles. The van der Waals surface area contributed by atoms with Crippen molar-refractivity contribution in [2.75, 3.05) is 45.2 Å². The number of anilines is 1. The summed E-state index contributed by atoms with van der Waals surface area (Å²) in [4.78, 5) is 28.2. The zero-order valence-electron chi connectivity index (χ0n) is 23.0. The topological polar surface area (TPSA) is 77.1 Å². The highest BCUT2D eigenvalue weighted by atomic mass is 35.5. The number of rotatable bonds is 11. The average molecular weight is 577 g/mol. The molecular weight excluding hydrogens is 537 g/mol. The number of methoxy groups -OCH3 is 1. The number of hydrazine groups is 1. The molecule has 2 amide bonds. The number of likely N-dealkylation sites (N-methyl/N-ethyl adjacent to an activating group) is 1. The van der Waals surface area contributed by atoms with Crippen molar-refractivity contribution in [1.82, 2.24) is 20.7 Å². The molecule has 0 saturated carbocycles. The van der Waals surface area contributed by atoms with E-state index in [1.165, 1.54) is 11.1 Å². The van der Waals surface area contributed by atoms with E-state index in [2.05, 4.69) is 36.6 Å². The van der Waals surface area contributed by atoms with Gasteiger partial charge in [-0.3, -0.25) is 14.6 Å². The number of hydrogen-bond donors (Lipinski definition) is 2. The average Bonchev–Trinajstić information content (AvgIpc) is 3.33. The molecule has 0 bridgehead atoms. The molecule has 0 radical (unpaired) electrons. The van der Waals surface area contributed by atoms with E-state index in [0.29, 0.717) is 43.7 Å². The van der Waals surface area contributed by atoms with Gasteiger partial charge in [0.05, 0.1) is 25.9 Å². The van der Waals surface area contributed by atoms with Crippen LogP contribution in [0.2, 0.25) is 0 Å². The zero-order valence-corrected chi connectivity index (χ0v) is 24.6. The van der Waals surface area contributed by atoms with Gasteiger partial charge in [0.2, 0.25) is 5.91 Å². The van der Waals surface area contributed by atoms with Gasteiger partial charge in [0.25, 0.3) is 5.91 Å². The molecule has 1 heterocycles. The second-order valence-corrected chi connectivity index (χ2v) is 9.69. The van der Waals surface area contributed by atoms with Gasteiger partial charge in [-0.05, 0) is 34.0 Å². The summed E-state index contributed by atoms with van der Waals surface area (Å²) >= 11 is 0. The first-order valence-corrected chi connectivity index (χ1v) is 12.8. The minimum atomic E-state index is -0.148. The molecule has 0 spiro atoms. The van der Waals surface area contributed by atoms with Crippen molar-refractivity contribution < 1.29 is 14.3 Å². The van der Waals surface area contributed by atoms with Crippen molar-refractivity contribution in [1.29, 1.82) is 0 Å². The van der Waals surface area contributed by atoms with Gasteiger partial charge in [-0.1, -0.05) is 62.4 Å². The molecular formula is C29H39Cl2N5O3. The number of benzene rings is 3. The largest absolute Gasteiger partial charge is 0.495 e. The first kappa shape index (κ1) is 32.2. The summed E-state index contributed by atoms with van der Waals surface area (Å²) in [5.41, 5.74) is 3.16. The lowest BCUT2D eigenvalue weighted by atomic mass is 10.1. The van der Waals surface area contributed by atoms with Crippen LogP contribution in [0.25, 0.3) is 10.8 Å². The molecule has 3 aromatic rings. The molecule has 1 aliphatic rings.